The number of benzene rings is 2. The van der Waals surface area contributed by atoms with Crippen LogP contribution in [0, 0.1) is 10.1 Å². The van der Waals surface area contributed by atoms with Crippen molar-refractivity contribution in [1.82, 2.24) is 0 Å². The zero-order valence-corrected chi connectivity index (χ0v) is 13.6. The molecule has 0 aliphatic carbocycles. The Kier molecular flexibility index (Phi) is 4.58. The minimum absolute atomic E-state index is 0.0571. The molecule has 3 rings (SSSR count). The van der Waals surface area contributed by atoms with Crippen molar-refractivity contribution in [3.05, 3.63) is 76.0 Å². The Hall–Kier alpha value is -4.14. The summed E-state index contributed by atoms with van der Waals surface area (Å²) in [4.78, 5) is 33.4. The smallest absolute Gasteiger partial charge is 0.339 e. The molecule has 0 fully saturated rings. The summed E-state index contributed by atoms with van der Waals surface area (Å²) in [6.45, 7) is 0. The number of carboxylic acid groups (broad SMARTS) is 1. The zero-order chi connectivity index (χ0) is 19.6. The number of hydrogen-bond acceptors (Lipinski definition) is 6. The first kappa shape index (κ1) is 17.7. The number of amides is 1. The lowest BCUT2D eigenvalue weighted by atomic mass is 10.1. The number of carbonyl (C=O) groups excluding carboxylic acids is 1. The van der Waals surface area contributed by atoms with E-state index in [1.165, 1.54) is 36.4 Å². The Labute approximate surface area is 151 Å². The second-order valence-electron chi connectivity index (χ2n) is 5.46. The summed E-state index contributed by atoms with van der Waals surface area (Å²) < 4.78 is 5.44. The molecule has 0 saturated heterocycles. The van der Waals surface area contributed by atoms with Gasteiger partial charge in [-0.15, -0.1) is 0 Å². The maximum atomic E-state index is 12.3. The van der Waals surface area contributed by atoms with Crippen molar-refractivity contribution < 1.29 is 29.1 Å². The number of anilines is 1. The van der Waals surface area contributed by atoms with Crippen LogP contribution in [0.25, 0.3) is 11.3 Å². The number of carboxylic acids is 1. The Morgan fingerprint density at radius 3 is 2.52 bits per heavy atom. The highest BCUT2D eigenvalue weighted by Crippen LogP contribution is 2.27. The van der Waals surface area contributed by atoms with Crippen LogP contribution in [0.5, 0.6) is 5.75 Å². The van der Waals surface area contributed by atoms with Crippen LogP contribution < -0.4 is 5.32 Å². The number of nitro benzene ring substituents is 1. The van der Waals surface area contributed by atoms with Crippen LogP contribution >= 0.6 is 0 Å². The molecule has 3 N–H and O–H groups in total. The number of phenols is 1. The highest BCUT2D eigenvalue weighted by atomic mass is 16.6. The van der Waals surface area contributed by atoms with Gasteiger partial charge < -0.3 is 19.9 Å². The summed E-state index contributed by atoms with van der Waals surface area (Å²) in [6.07, 6.45) is 0. The summed E-state index contributed by atoms with van der Waals surface area (Å²) in [5.41, 5.74) is 0.213. The van der Waals surface area contributed by atoms with Crippen LogP contribution in [0.15, 0.2) is 59.0 Å². The van der Waals surface area contributed by atoms with Crippen molar-refractivity contribution in [3.63, 3.8) is 0 Å². The third-order valence-electron chi connectivity index (χ3n) is 3.66. The first-order valence-corrected chi connectivity index (χ1v) is 7.57. The summed E-state index contributed by atoms with van der Waals surface area (Å²) in [7, 11) is 0. The minimum Gasteiger partial charge on any atom is -0.507 e. The zero-order valence-electron chi connectivity index (χ0n) is 13.6. The summed E-state index contributed by atoms with van der Waals surface area (Å²) >= 11 is 0. The standard InChI is InChI=1S/C18H12N2O7/c21-14-9-11(4-5-13(14)18(23)24)19-17(22)16-7-6-15(27-16)10-2-1-3-12(8-10)20(25)26/h1-9,21H,(H,19,22)(H,23,24). The van der Waals surface area contributed by atoms with E-state index in [1.807, 2.05) is 0 Å². The van der Waals surface area contributed by atoms with Gasteiger partial charge in [-0.05, 0) is 24.3 Å². The predicted octanol–water partition coefficient (Wildman–Crippen LogP) is 3.51. The number of rotatable bonds is 5. The van der Waals surface area contributed by atoms with E-state index in [4.69, 9.17) is 9.52 Å². The fourth-order valence-electron chi connectivity index (χ4n) is 2.37. The molecule has 9 heteroatoms. The minimum atomic E-state index is -1.29. The fourth-order valence-corrected chi connectivity index (χ4v) is 2.37. The summed E-state index contributed by atoms with van der Waals surface area (Å²) in [5.74, 6) is -2.20. The van der Waals surface area contributed by atoms with Gasteiger partial charge in [0, 0.05) is 29.4 Å². The predicted molar refractivity (Wildman–Crippen MR) is 93.8 cm³/mol. The van der Waals surface area contributed by atoms with E-state index in [-0.39, 0.29) is 28.5 Å². The lowest BCUT2D eigenvalue weighted by Crippen LogP contribution is -2.11. The van der Waals surface area contributed by atoms with Gasteiger partial charge in [0.25, 0.3) is 11.6 Å². The molecular formula is C18H12N2O7. The molecule has 0 bridgehead atoms. The van der Waals surface area contributed by atoms with Crippen molar-refractivity contribution >= 4 is 23.3 Å². The van der Waals surface area contributed by atoms with E-state index in [2.05, 4.69) is 5.32 Å². The third kappa shape index (κ3) is 3.76. The molecule has 0 aliphatic heterocycles. The Morgan fingerprint density at radius 2 is 1.85 bits per heavy atom. The average molecular weight is 368 g/mol. The fraction of sp³-hybridized carbons (Fsp3) is 0. The molecule has 0 saturated carbocycles. The molecule has 2 aromatic carbocycles. The third-order valence-corrected chi connectivity index (χ3v) is 3.66. The van der Waals surface area contributed by atoms with Gasteiger partial charge in [0.1, 0.15) is 17.1 Å². The molecule has 1 aromatic heterocycles. The van der Waals surface area contributed by atoms with Gasteiger partial charge in [0.05, 0.1) is 4.92 Å². The van der Waals surface area contributed by atoms with Crippen molar-refractivity contribution in [2.45, 2.75) is 0 Å². The molecule has 1 amide bonds. The van der Waals surface area contributed by atoms with E-state index in [0.29, 0.717) is 5.56 Å². The number of furan rings is 1. The Morgan fingerprint density at radius 1 is 1.07 bits per heavy atom. The average Bonchev–Trinajstić information content (AvgIpc) is 3.12. The number of nitro groups is 1. The molecule has 0 aliphatic rings. The largest absolute Gasteiger partial charge is 0.507 e. The SMILES string of the molecule is O=C(Nc1ccc(C(=O)O)c(O)c1)c1ccc(-c2cccc([N+](=O)[O-])c2)o1. The topological polar surface area (TPSA) is 143 Å². The molecule has 9 nitrogen and oxygen atoms in total. The summed E-state index contributed by atoms with van der Waals surface area (Å²) in [6, 6.07) is 12.3. The van der Waals surface area contributed by atoms with Gasteiger partial charge in [-0.25, -0.2) is 4.79 Å². The first-order chi connectivity index (χ1) is 12.8. The molecule has 0 radical (unpaired) electrons. The second-order valence-corrected chi connectivity index (χ2v) is 5.46. The van der Waals surface area contributed by atoms with Gasteiger partial charge in [-0.3, -0.25) is 14.9 Å². The van der Waals surface area contributed by atoms with Crippen LogP contribution in [-0.4, -0.2) is 27.0 Å². The lowest BCUT2D eigenvalue weighted by Gasteiger charge is -2.05. The van der Waals surface area contributed by atoms with Crippen molar-refractivity contribution in [3.8, 4) is 17.1 Å². The molecular weight excluding hydrogens is 356 g/mol. The summed E-state index contributed by atoms with van der Waals surface area (Å²) in [5, 5.41) is 31.8. The van der Waals surface area contributed by atoms with Crippen LogP contribution in [-0.2, 0) is 0 Å². The number of aromatic hydroxyl groups is 1. The molecule has 1 heterocycles. The molecule has 27 heavy (non-hydrogen) atoms. The molecule has 3 aromatic rings. The van der Waals surface area contributed by atoms with Crippen molar-refractivity contribution in [1.29, 1.82) is 0 Å². The van der Waals surface area contributed by atoms with Crippen molar-refractivity contribution in [2.24, 2.45) is 0 Å². The van der Waals surface area contributed by atoms with E-state index in [9.17, 15) is 24.8 Å². The van der Waals surface area contributed by atoms with Gasteiger partial charge in [0.15, 0.2) is 5.76 Å². The molecule has 136 valence electrons. The van der Waals surface area contributed by atoms with Gasteiger partial charge in [-0.2, -0.15) is 0 Å². The van der Waals surface area contributed by atoms with Crippen LogP contribution in [0.3, 0.4) is 0 Å². The van der Waals surface area contributed by atoms with Gasteiger partial charge in [0.2, 0.25) is 0 Å². The number of carbonyl (C=O) groups is 2. The van der Waals surface area contributed by atoms with E-state index in [1.54, 1.807) is 6.07 Å². The lowest BCUT2D eigenvalue weighted by molar-refractivity contribution is -0.384. The van der Waals surface area contributed by atoms with E-state index in [0.717, 1.165) is 12.1 Å². The highest BCUT2D eigenvalue weighted by Gasteiger charge is 2.16. The molecule has 0 unspecified atom stereocenters. The number of hydrogen-bond donors (Lipinski definition) is 3. The first-order valence-electron chi connectivity index (χ1n) is 7.57. The van der Waals surface area contributed by atoms with Crippen LogP contribution in [0.4, 0.5) is 11.4 Å². The Bertz CT molecular complexity index is 1060. The quantitative estimate of drug-likeness (QED) is 0.462. The Balaban J connectivity index is 1.79. The monoisotopic (exact) mass is 368 g/mol. The molecule has 0 atom stereocenters. The van der Waals surface area contributed by atoms with Crippen LogP contribution in [0.1, 0.15) is 20.9 Å². The number of non-ortho nitro benzene ring substituents is 1. The normalized spacial score (nSPS) is 10.4. The second kappa shape index (κ2) is 7.00. The van der Waals surface area contributed by atoms with Crippen LogP contribution in [0.2, 0.25) is 0 Å². The number of nitrogens with one attached hydrogen (secondary N) is 1. The maximum Gasteiger partial charge on any atom is 0.339 e. The number of aromatic carboxylic acids is 1. The van der Waals surface area contributed by atoms with E-state index < -0.39 is 22.5 Å². The maximum absolute atomic E-state index is 12.3. The van der Waals surface area contributed by atoms with Crippen molar-refractivity contribution in [2.75, 3.05) is 5.32 Å². The number of nitrogens with zero attached hydrogens (tertiary/aromatic N) is 1. The van der Waals surface area contributed by atoms with E-state index >= 15 is 0 Å². The highest BCUT2D eigenvalue weighted by molar-refractivity contribution is 6.03. The molecule has 0 spiro atoms. The van der Waals surface area contributed by atoms with Gasteiger partial charge in [-0.1, -0.05) is 12.1 Å². The van der Waals surface area contributed by atoms with Gasteiger partial charge >= 0.3 is 5.97 Å².